The number of hydrogen-bond donors (Lipinski definition) is 1. The second-order valence-corrected chi connectivity index (χ2v) is 5.24. The molecule has 0 saturated carbocycles. The Labute approximate surface area is 144 Å². The Bertz CT molecular complexity index is 856. The number of amides is 1. The molecule has 6 heteroatoms. The van der Waals surface area contributed by atoms with Gasteiger partial charge in [0.1, 0.15) is 0 Å². The molecule has 2 aromatic heterocycles. The Hall–Kier alpha value is -3.28. The second-order valence-electron chi connectivity index (χ2n) is 5.24. The van der Waals surface area contributed by atoms with Crippen LogP contribution in [0.1, 0.15) is 5.56 Å². The number of halogens is 1. The summed E-state index contributed by atoms with van der Waals surface area (Å²) in [6.07, 6.45) is 5.08. The number of pyridine rings is 2. The number of carbonyl (C=O) groups excluding carboxylic acids is 1. The topological polar surface area (TPSA) is 64.1 Å². The minimum absolute atomic E-state index is 0.0523. The summed E-state index contributed by atoms with van der Waals surface area (Å²) in [6.45, 7) is 0.0384. The maximum Gasteiger partial charge on any atom is 0.258 e. The van der Waals surface area contributed by atoms with Gasteiger partial charge in [0.15, 0.2) is 18.2 Å². The molecule has 126 valence electrons. The Kier molecular flexibility index (Phi) is 5.31. The molecule has 0 unspecified atom stereocenters. The quantitative estimate of drug-likeness (QED) is 0.751. The van der Waals surface area contributed by atoms with Crippen LogP contribution in [0.4, 0.5) is 4.39 Å². The number of nitrogens with one attached hydrogen (secondary N) is 1. The van der Waals surface area contributed by atoms with Crippen LogP contribution >= 0.6 is 0 Å². The molecular weight excluding hydrogens is 321 g/mol. The molecule has 5 nitrogen and oxygen atoms in total. The van der Waals surface area contributed by atoms with E-state index in [1.165, 1.54) is 12.1 Å². The third-order valence-electron chi connectivity index (χ3n) is 3.52. The van der Waals surface area contributed by atoms with Gasteiger partial charge >= 0.3 is 0 Å². The fraction of sp³-hybridized carbons (Fsp3) is 0.105. The number of hydrogen-bond acceptors (Lipinski definition) is 4. The highest BCUT2D eigenvalue weighted by molar-refractivity contribution is 5.77. The maximum absolute atomic E-state index is 13.5. The van der Waals surface area contributed by atoms with Gasteiger partial charge in [0.25, 0.3) is 5.91 Å². The van der Waals surface area contributed by atoms with Gasteiger partial charge in [0, 0.05) is 30.7 Å². The fourth-order valence-corrected chi connectivity index (χ4v) is 2.30. The van der Waals surface area contributed by atoms with E-state index < -0.39 is 5.82 Å². The SMILES string of the molecule is O=C(COc1ccccc1F)NCc1cccnc1-c1ccncc1. The normalized spacial score (nSPS) is 10.3. The van der Waals surface area contributed by atoms with Crippen molar-refractivity contribution in [1.29, 1.82) is 0 Å². The summed E-state index contributed by atoms with van der Waals surface area (Å²) in [5.41, 5.74) is 2.57. The van der Waals surface area contributed by atoms with Crippen LogP contribution in [0.15, 0.2) is 67.1 Å². The van der Waals surface area contributed by atoms with Crippen molar-refractivity contribution in [2.75, 3.05) is 6.61 Å². The molecule has 2 heterocycles. The fourth-order valence-electron chi connectivity index (χ4n) is 2.30. The number of rotatable bonds is 6. The van der Waals surface area contributed by atoms with E-state index in [1.807, 2.05) is 24.3 Å². The first-order valence-corrected chi connectivity index (χ1v) is 7.72. The molecule has 1 amide bonds. The van der Waals surface area contributed by atoms with E-state index in [0.29, 0.717) is 6.54 Å². The third-order valence-corrected chi connectivity index (χ3v) is 3.52. The van der Waals surface area contributed by atoms with Crippen molar-refractivity contribution in [3.63, 3.8) is 0 Å². The molecule has 25 heavy (non-hydrogen) atoms. The molecule has 3 rings (SSSR count). The molecule has 1 aromatic carbocycles. The smallest absolute Gasteiger partial charge is 0.258 e. The number of nitrogens with zero attached hydrogens (tertiary/aromatic N) is 2. The summed E-state index contributed by atoms with van der Waals surface area (Å²) in [5.74, 6) is -0.785. The largest absolute Gasteiger partial charge is 0.481 e. The highest BCUT2D eigenvalue weighted by Gasteiger charge is 2.09. The number of carbonyl (C=O) groups is 1. The van der Waals surface area contributed by atoms with E-state index in [0.717, 1.165) is 16.8 Å². The molecule has 0 spiro atoms. The van der Waals surface area contributed by atoms with Crippen molar-refractivity contribution in [1.82, 2.24) is 15.3 Å². The minimum atomic E-state index is -0.498. The van der Waals surface area contributed by atoms with Gasteiger partial charge in [-0.25, -0.2) is 4.39 Å². The minimum Gasteiger partial charge on any atom is -0.481 e. The molecule has 1 N–H and O–H groups in total. The van der Waals surface area contributed by atoms with Crippen LogP contribution < -0.4 is 10.1 Å². The van der Waals surface area contributed by atoms with E-state index in [9.17, 15) is 9.18 Å². The van der Waals surface area contributed by atoms with Gasteiger partial charge in [-0.3, -0.25) is 14.8 Å². The van der Waals surface area contributed by atoms with Crippen molar-refractivity contribution in [2.45, 2.75) is 6.54 Å². The van der Waals surface area contributed by atoms with Gasteiger partial charge in [-0.15, -0.1) is 0 Å². The average Bonchev–Trinajstić information content (AvgIpc) is 2.66. The summed E-state index contributed by atoms with van der Waals surface area (Å²) in [6, 6.07) is 13.4. The van der Waals surface area contributed by atoms with Crippen molar-refractivity contribution in [2.24, 2.45) is 0 Å². The summed E-state index contributed by atoms with van der Waals surface area (Å²) < 4.78 is 18.7. The second kappa shape index (κ2) is 8.01. The number of aromatic nitrogens is 2. The van der Waals surface area contributed by atoms with Crippen LogP contribution in [0.25, 0.3) is 11.3 Å². The third kappa shape index (κ3) is 4.38. The number of benzene rings is 1. The van der Waals surface area contributed by atoms with Crippen LogP contribution in [0.5, 0.6) is 5.75 Å². The van der Waals surface area contributed by atoms with Crippen LogP contribution in [0.3, 0.4) is 0 Å². The van der Waals surface area contributed by atoms with Gasteiger partial charge in [0.2, 0.25) is 0 Å². The first-order chi connectivity index (χ1) is 12.2. The lowest BCUT2D eigenvalue weighted by Gasteiger charge is -2.11. The molecule has 0 fully saturated rings. The van der Waals surface area contributed by atoms with Crippen LogP contribution in [0.2, 0.25) is 0 Å². The Balaban J connectivity index is 1.60. The zero-order valence-corrected chi connectivity index (χ0v) is 13.4. The highest BCUT2D eigenvalue weighted by atomic mass is 19.1. The monoisotopic (exact) mass is 337 g/mol. The first kappa shape index (κ1) is 16.6. The molecule has 0 atom stereocenters. The summed E-state index contributed by atoms with van der Waals surface area (Å²) in [7, 11) is 0. The Morgan fingerprint density at radius 3 is 2.64 bits per heavy atom. The van der Waals surface area contributed by atoms with E-state index in [2.05, 4.69) is 15.3 Å². The van der Waals surface area contributed by atoms with Gasteiger partial charge in [-0.1, -0.05) is 18.2 Å². The van der Waals surface area contributed by atoms with E-state index >= 15 is 0 Å². The summed E-state index contributed by atoms with van der Waals surface area (Å²) >= 11 is 0. The maximum atomic E-state index is 13.5. The first-order valence-electron chi connectivity index (χ1n) is 7.72. The lowest BCUT2D eigenvalue weighted by atomic mass is 10.1. The highest BCUT2D eigenvalue weighted by Crippen LogP contribution is 2.20. The summed E-state index contributed by atoms with van der Waals surface area (Å²) in [5, 5.41) is 2.76. The van der Waals surface area contributed by atoms with E-state index in [-0.39, 0.29) is 18.3 Å². The molecule has 0 aliphatic rings. The van der Waals surface area contributed by atoms with E-state index in [1.54, 1.807) is 30.7 Å². The van der Waals surface area contributed by atoms with Crippen molar-refractivity contribution >= 4 is 5.91 Å². The van der Waals surface area contributed by atoms with Crippen molar-refractivity contribution < 1.29 is 13.9 Å². The molecule has 0 aliphatic heterocycles. The van der Waals surface area contributed by atoms with Gasteiger partial charge in [-0.2, -0.15) is 0 Å². The lowest BCUT2D eigenvalue weighted by molar-refractivity contribution is -0.123. The van der Waals surface area contributed by atoms with Gasteiger partial charge in [-0.05, 0) is 35.9 Å². The van der Waals surface area contributed by atoms with Crippen LogP contribution in [-0.2, 0) is 11.3 Å². The van der Waals surface area contributed by atoms with Gasteiger partial charge < -0.3 is 10.1 Å². The average molecular weight is 337 g/mol. The molecule has 0 bridgehead atoms. The standard InChI is InChI=1S/C19H16FN3O2/c20-16-5-1-2-6-17(16)25-13-18(24)23-12-15-4-3-9-22-19(15)14-7-10-21-11-8-14/h1-11H,12-13H2,(H,23,24). The predicted octanol–water partition coefficient (Wildman–Crippen LogP) is 2.98. The van der Waals surface area contributed by atoms with Crippen molar-refractivity contribution in [3.05, 3.63) is 78.5 Å². The summed E-state index contributed by atoms with van der Waals surface area (Å²) in [4.78, 5) is 20.3. The Morgan fingerprint density at radius 1 is 1.04 bits per heavy atom. The molecule has 0 saturated heterocycles. The molecule has 3 aromatic rings. The predicted molar refractivity (Wildman–Crippen MR) is 91.2 cm³/mol. The molecule has 0 radical (unpaired) electrons. The van der Waals surface area contributed by atoms with E-state index in [4.69, 9.17) is 4.74 Å². The Morgan fingerprint density at radius 2 is 1.84 bits per heavy atom. The zero-order valence-electron chi connectivity index (χ0n) is 13.4. The molecular formula is C19H16FN3O2. The van der Waals surface area contributed by atoms with Gasteiger partial charge in [0.05, 0.1) is 5.69 Å². The van der Waals surface area contributed by atoms with Crippen molar-refractivity contribution in [3.8, 4) is 17.0 Å². The van der Waals surface area contributed by atoms with Crippen LogP contribution in [0, 0.1) is 5.82 Å². The lowest BCUT2D eigenvalue weighted by Crippen LogP contribution is -2.28. The number of ether oxygens (including phenoxy) is 1. The molecule has 0 aliphatic carbocycles. The van der Waals surface area contributed by atoms with Crippen LogP contribution in [-0.4, -0.2) is 22.5 Å². The number of para-hydroxylation sites is 1. The zero-order chi connectivity index (χ0) is 17.5.